The highest BCUT2D eigenvalue weighted by Gasteiger charge is 2.40. The maximum absolute atomic E-state index is 13.7. The van der Waals surface area contributed by atoms with E-state index < -0.39 is 50.1 Å². The molecule has 224 valence electrons. The topological polar surface area (TPSA) is 196 Å². The number of nitrogens with zero attached hydrogens (tertiary/aromatic N) is 2. The van der Waals surface area contributed by atoms with Crippen molar-refractivity contribution in [2.75, 3.05) is 0 Å². The number of aliphatic hydroxyl groups is 4. The van der Waals surface area contributed by atoms with E-state index >= 15 is 0 Å². The van der Waals surface area contributed by atoms with Crippen molar-refractivity contribution in [3.8, 4) is 11.5 Å². The van der Waals surface area contributed by atoms with Gasteiger partial charge in [0.2, 0.25) is 0 Å². The smallest absolute Gasteiger partial charge is 0.261 e. The zero-order valence-electron chi connectivity index (χ0n) is 23.1. The van der Waals surface area contributed by atoms with Gasteiger partial charge >= 0.3 is 0 Å². The van der Waals surface area contributed by atoms with Crippen molar-refractivity contribution in [1.29, 1.82) is 0 Å². The maximum atomic E-state index is 13.7. The van der Waals surface area contributed by atoms with Crippen LogP contribution in [-0.2, 0) is 39.5 Å². The molecule has 0 saturated carbocycles. The molecule has 12 nitrogen and oxygen atoms in total. The third-order valence-corrected chi connectivity index (χ3v) is 8.08. The molecule has 6 rings (SSSR count). The van der Waals surface area contributed by atoms with Gasteiger partial charge in [0.1, 0.15) is 11.5 Å². The third kappa shape index (κ3) is 4.31. The molecule has 0 radical (unpaired) electrons. The number of aliphatic hydroxyl groups excluding tert-OH is 4. The summed E-state index contributed by atoms with van der Waals surface area (Å²) in [7, 11) is 0. The number of phenols is 2. The summed E-state index contributed by atoms with van der Waals surface area (Å²) in [5.41, 5.74) is 1.69. The Kier molecular flexibility index (Phi) is 7.14. The fraction of sp³-hybridized carbons (Fsp3) is 0.188. The molecule has 4 amide bonds. The lowest BCUT2D eigenvalue weighted by atomic mass is 9.85. The standard InChI is InChI=1S/C32H26N2O10/c35-11-17-5-15(6-18(12-36)27(17)39)9-33-29(41)21-1-2-22-26-24(4-3-23(25(21)26)31(33)43)32(44)34(30(22)42)10-16-7-19(13-37)28(40)20(8-16)14-38/h1-8,35-40H,9-14H2. The highest BCUT2D eigenvalue weighted by Crippen LogP contribution is 2.39. The van der Waals surface area contributed by atoms with E-state index in [0.29, 0.717) is 11.1 Å². The van der Waals surface area contributed by atoms with Gasteiger partial charge in [-0.2, -0.15) is 0 Å². The third-order valence-electron chi connectivity index (χ3n) is 8.08. The molecular formula is C32H26N2O10. The number of benzene rings is 4. The monoisotopic (exact) mass is 598 g/mol. The number of hydrogen-bond donors (Lipinski definition) is 6. The predicted molar refractivity (Wildman–Crippen MR) is 152 cm³/mol. The summed E-state index contributed by atoms with van der Waals surface area (Å²) >= 11 is 0. The van der Waals surface area contributed by atoms with Gasteiger partial charge in [-0.1, -0.05) is 0 Å². The van der Waals surface area contributed by atoms with Gasteiger partial charge in [-0.15, -0.1) is 0 Å². The highest BCUT2D eigenvalue weighted by atomic mass is 16.3. The first kappa shape index (κ1) is 29.0. The largest absolute Gasteiger partial charge is 0.507 e. The predicted octanol–water partition coefficient (Wildman–Crippen LogP) is 1.81. The molecule has 0 spiro atoms. The average Bonchev–Trinajstić information content (AvgIpc) is 3.03. The summed E-state index contributed by atoms with van der Waals surface area (Å²) in [4.78, 5) is 56.6. The zero-order valence-corrected chi connectivity index (χ0v) is 23.1. The van der Waals surface area contributed by atoms with Gasteiger partial charge in [0.05, 0.1) is 39.5 Å². The van der Waals surface area contributed by atoms with Crippen LogP contribution in [-0.4, -0.2) is 64.1 Å². The molecule has 0 bridgehead atoms. The molecule has 0 saturated heterocycles. The quantitative estimate of drug-likeness (QED) is 0.163. The number of imide groups is 2. The second-order valence-corrected chi connectivity index (χ2v) is 10.6. The molecule has 0 fully saturated rings. The molecule has 2 heterocycles. The van der Waals surface area contributed by atoms with Crippen molar-refractivity contribution < 1.29 is 49.8 Å². The molecule has 0 aromatic heterocycles. The Morgan fingerprint density at radius 3 is 0.932 bits per heavy atom. The minimum Gasteiger partial charge on any atom is -0.507 e. The summed E-state index contributed by atoms with van der Waals surface area (Å²) in [6.45, 7) is -2.57. The van der Waals surface area contributed by atoms with Crippen molar-refractivity contribution in [1.82, 2.24) is 9.80 Å². The Balaban J connectivity index is 1.39. The van der Waals surface area contributed by atoms with E-state index in [1.165, 1.54) is 48.5 Å². The molecule has 0 unspecified atom stereocenters. The number of carbonyl (C=O) groups excluding carboxylic acids is 4. The first-order valence-corrected chi connectivity index (χ1v) is 13.6. The van der Waals surface area contributed by atoms with Gasteiger partial charge in [-0.05, 0) is 59.7 Å². The van der Waals surface area contributed by atoms with E-state index in [9.17, 15) is 49.8 Å². The molecule has 0 atom stereocenters. The van der Waals surface area contributed by atoms with Crippen LogP contribution in [0.4, 0.5) is 0 Å². The van der Waals surface area contributed by atoms with E-state index in [4.69, 9.17) is 0 Å². The summed E-state index contributed by atoms with van der Waals surface area (Å²) in [5.74, 6) is -3.25. The number of carbonyl (C=O) groups is 4. The summed E-state index contributed by atoms with van der Waals surface area (Å²) < 4.78 is 0. The van der Waals surface area contributed by atoms with Crippen molar-refractivity contribution >= 4 is 34.4 Å². The van der Waals surface area contributed by atoms with Crippen LogP contribution in [0.15, 0.2) is 48.5 Å². The Hall–Kier alpha value is -5.14. The highest BCUT2D eigenvalue weighted by molar-refractivity contribution is 6.33. The minimum absolute atomic E-state index is 0.108. The van der Waals surface area contributed by atoms with E-state index in [1.54, 1.807) is 0 Å². The number of amides is 4. The molecule has 2 aliphatic heterocycles. The van der Waals surface area contributed by atoms with Gasteiger partial charge in [-0.25, -0.2) is 0 Å². The van der Waals surface area contributed by atoms with E-state index in [-0.39, 0.29) is 79.9 Å². The lowest BCUT2D eigenvalue weighted by molar-refractivity contribution is 0.0576. The Morgan fingerprint density at radius 1 is 0.455 bits per heavy atom. The molecule has 2 aliphatic rings. The van der Waals surface area contributed by atoms with E-state index in [0.717, 1.165) is 9.80 Å². The first-order chi connectivity index (χ1) is 21.1. The molecule has 0 aliphatic carbocycles. The van der Waals surface area contributed by atoms with Crippen LogP contribution in [0.3, 0.4) is 0 Å². The molecule has 4 aromatic carbocycles. The first-order valence-electron chi connectivity index (χ1n) is 13.6. The fourth-order valence-corrected chi connectivity index (χ4v) is 5.96. The van der Waals surface area contributed by atoms with Crippen LogP contribution >= 0.6 is 0 Å². The molecule has 12 heteroatoms. The van der Waals surface area contributed by atoms with Gasteiger partial charge < -0.3 is 30.6 Å². The second-order valence-electron chi connectivity index (χ2n) is 10.6. The fourth-order valence-electron chi connectivity index (χ4n) is 5.96. The average molecular weight is 599 g/mol. The summed E-state index contributed by atoms with van der Waals surface area (Å²) in [5, 5.41) is 59.2. The number of hydrogen-bond acceptors (Lipinski definition) is 10. The molecular weight excluding hydrogens is 572 g/mol. The molecule has 44 heavy (non-hydrogen) atoms. The zero-order chi connectivity index (χ0) is 31.4. The van der Waals surface area contributed by atoms with Crippen LogP contribution in [0.5, 0.6) is 11.5 Å². The van der Waals surface area contributed by atoms with Crippen molar-refractivity contribution in [2.24, 2.45) is 0 Å². The summed E-state index contributed by atoms with van der Waals surface area (Å²) in [6, 6.07) is 11.4. The van der Waals surface area contributed by atoms with Gasteiger partial charge in [0.15, 0.2) is 0 Å². The minimum atomic E-state index is -0.671. The van der Waals surface area contributed by atoms with Gasteiger partial charge in [0, 0.05) is 55.3 Å². The Bertz CT molecular complexity index is 1670. The maximum Gasteiger partial charge on any atom is 0.261 e. The van der Waals surface area contributed by atoms with Crippen LogP contribution < -0.4 is 0 Å². The van der Waals surface area contributed by atoms with E-state index in [2.05, 4.69) is 0 Å². The summed E-state index contributed by atoms with van der Waals surface area (Å²) in [6.07, 6.45) is 0. The second kappa shape index (κ2) is 10.8. The number of aromatic hydroxyl groups is 2. The lowest BCUT2D eigenvalue weighted by Crippen LogP contribution is -2.42. The van der Waals surface area contributed by atoms with E-state index in [1.807, 2.05) is 0 Å². The molecule has 4 aromatic rings. The van der Waals surface area contributed by atoms with Crippen LogP contribution in [0.2, 0.25) is 0 Å². The van der Waals surface area contributed by atoms with Gasteiger partial charge in [0.25, 0.3) is 23.6 Å². The van der Waals surface area contributed by atoms with Crippen molar-refractivity contribution in [3.05, 3.63) is 104 Å². The molecule has 6 N–H and O–H groups in total. The Morgan fingerprint density at radius 2 is 0.705 bits per heavy atom. The number of rotatable bonds is 8. The van der Waals surface area contributed by atoms with Crippen LogP contribution in [0, 0.1) is 0 Å². The Labute approximate surface area is 249 Å². The van der Waals surface area contributed by atoms with Crippen molar-refractivity contribution in [2.45, 2.75) is 39.5 Å². The normalized spacial score (nSPS) is 14.3. The van der Waals surface area contributed by atoms with Crippen molar-refractivity contribution in [3.63, 3.8) is 0 Å². The lowest BCUT2D eigenvalue weighted by Gasteiger charge is -2.32. The van der Waals surface area contributed by atoms with Crippen LogP contribution in [0.25, 0.3) is 10.8 Å². The SMILES string of the molecule is O=C1c2ccc3c4c(ccc(c24)C(=O)N1Cc1cc(CO)c(O)c(CO)c1)C(=O)N(Cc1cc(CO)c(O)c(CO)c1)C3=O. The van der Waals surface area contributed by atoms with Gasteiger partial charge in [-0.3, -0.25) is 29.0 Å². The van der Waals surface area contributed by atoms with Crippen LogP contribution in [0.1, 0.15) is 74.8 Å².